The Balaban J connectivity index is 1.30. The van der Waals surface area contributed by atoms with Crippen molar-refractivity contribution >= 4 is 17.5 Å². The van der Waals surface area contributed by atoms with Gasteiger partial charge in [-0.05, 0) is 48.5 Å². The number of likely N-dealkylation sites (N-methyl/N-ethyl adjacent to an activating group) is 1. The Morgan fingerprint density at radius 1 is 0.844 bits per heavy atom. The molecule has 1 aliphatic heterocycles. The first-order valence-corrected chi connectivity index (χ1v) is 10.7. The summed E-state index contributed by atoms with van der Waals surface area (Å²) in [7, 11) is 2.05. The molecule has 32 heavy (non-hydrogen) atoms. The van der Waals surface area contributed by atoms with Crippen molar-refractivity contribution in [3.63, 3.8) is 0 Å². The number of hydrogen-bond donors (Lipinski definition) is 1. The van der Waals surface area contributed by atoms with Crippen LogP contribution in [0.5, 0.6) is 5.75 Å². The number of anilines is 1. The van der Waals surface area contributed by atoms with Crippen LogP contribution in [0, 0.1) is 0 Å². The summed E-state index contributed by atoms with van der Waals surface area (Å²) in [5.41, 5.74) is 3.37. The van der Waals surface area contributed by atoms with Crippen LogP contribution >= 0.6 is 0 Å². The number of nitrogens with one attached hydrogen (secondary N) is 1. The molecule has 0 aromatic heterocycles. The molecule has 3 aromatic rings. The Labute approximate surface area is 188 Å². The van der Waals surface area contributed by atoms with Gasteiger partial charge in [-0.25, -0.2) is 0 Å². The molecule has 2 amide bonds. The molecule has 1 fully saturated rings. The second-order valence-electron chi connectivity index (χ2n) is 7.90. The van der Waals surface area contributed by atoms with Gasteiger partial charge >= 0.3 is 0 Å². The molecule has 1 aliphatic rings. The molecule has 0 radical (unpaired) electrons. The Kier molecular flexibility index (Phi) is 6.82. The topological polar surface area (TPSA) is 61.9 Å². The minimum atomic E-state index is -0.277. The zero-order valence-corrected chi connectivity index (χ0v) is 18.2. The minimum absolute atomic E-state index is 0.0102. The average molecular weight is 430 g/mol. The smallest absolute Gasteiger partial charge is 0.262 e. The van der Waals surface area contributed by atoms with Crippen LogP contribution in [0.4, 0.5) is 5.69 Å². The van der Waals surface area contributed by atoms with E-state index in [1.54, 1.807) is 24.3 Å². The maximum atomic E-state index is 12.8. The molecule has 0 saturated carbocycles. The van der Waals surface area contributed by atoms with Crippen LogP contribution in [0.2, 0.25) is 0 Å². The van der Waals surface area contributed by atoms with Gasteiger partial charge in [0.05, 0.1) is 0 Å². The van der Waals surface area contributed by atoms with E-state index in [2.05, 4.69) is 17.3 Å². The van der Waals surface area contributed by atoms with Crippen LogP contribution in [-0.2, 0) is 4.79 Å². The summed E-state index contributed by atoms with van der Waals surface area (Å²) in [5, 5.41) is 2.81. The monoisotopic (exact) mass is 429 g/mol. The van der Waals surface area contributed by atoms with Crippen LogP contribution < -0.4 is 10.1 Å². The van der Waals surface area contributed by atoms with Gasteiger partial charge < -0.3 is 19.9 Å². The molecule has 1 heterocycles. The highest BCUT2D eigenvalue weighted by Gasteiger charge is 2.20. The number of piperazine rings is 1. The molecule has 6 nitrogen and oxygen atoms in total. The van der Waals surface area contributed by atoms with Crippen molar-refractivity contribution in [2.45, 2.75) is 0 Å². The summed E-state index contributed by atoms with van der Waals surface area (Å²) in [5.74, 6) is 0.337. The first kappa shape index (κ1) is 21.6. The zero-order chi connectivity index (χ0) is 22.3. The molecular weight excluding hydrogens is 402 g/mol. The predicted octanol–water partition coefficient (Wildman–Crippen LogP) is 3.76. The lowest BCUT2D eigenvalue weighted by atomic mass is 10.1. The fourth-order valence-electron chi connectivity index (χ4n) is 3.64. The fraction of sp³-hybridized carbons (Fsp3) is 0.231. The van der Waals surface area contributed by atoms with Gasteiger partial charge in [-0.1, -0.05) is 48.5 Å². The van der Waals surface area contributed by atoms with Crippen LogP contribution in [-0.4, -0.2) is 61.4 Å². The third kappa shape index (κ3) is 5.53. The number of amides is 2. The largest absolute Gasteiger partial charge is 0.484 e. The predicted molar refractivity (Wildman–Crippen MR) is 126 cm³/mol. The Hall–Kier alpha value is -3.64. The van der Waals surface area contributed by atoms with Crippen LogP contribution in [0.1, 0.15) is 10.4 Å². The van der Waals surface area contributed by atoms with Gasteiger partial charge in [0.1, 0.15) is 5.75 Å². The van der Waals surface area contributed by atoms with Crippen LogP contribution in [0.15, 0.2) is 78.9 Å². The second kappa shape index (κ2) is 10.1. The summed E-state index contributed by atoms with van der Waals surface area (Å²) >= 11 is 0. The van der Waals surface area contributed by atoms with Gasteiger partial charge in [0.25, 0.3) is 11.8 Å². The van der Waals surface area contributed by atoms with E-state index in [9.17, 15) is 9.59 Å². The second-order valence-corrected chi connectivity index (χ2v) is 7.90. The number of rotatable bonds is 6. The van der Waals surface area contributed by atoms with Crippen molar-refractivity contribution in [1.29, 1.82) is 0 Å². The van der Waals surface area contributed by atoms with E-state index in [1.807, 2.05) is 59.5 Å². The number of carbonyl (C=O) groups excluding carboxylic acids is 2. The van der Waals surface area contributed by atoms with Gasteiger partial charge in [-0.3, -0.25) is 9.59 Å². The van der Waals surface area contributed by atoms with Crippen LogP contribution in [0.25, 0.3) is 11.1 Å². The van der Waals surface area contributed by atoms with Crippen molar-refractivity contribution in [3.05, 3.63) is 84.4 Å². The van der Waals surface area contributed by atoms with E-state index in [0.29, 0.717) is 30.1 Å². The molecule has 1 N–H and O–H groups in total. The van der Waals surface area contributed by atoms with E-state index in [4.69, 9.17) is 4.74 Å². The van der Waals surface area contributed by atoms with Crippen molar-refractivity contribution in [1.82, 2.24) is 9.80 Å². The van der Waals surface area contributed by atoms with Crippen molar-refractivity contribution in [2.24, 2.45) is 0 Å². The molecule has 4 rings (SSSR count). The van der Waals surface area contributed by atoms with Gasteiger partial charge in [0.2, 0.25) is 0 Å². The summed E-state index contributed by atoms with van der Waals surface area (Å²) < 4.78 is 5.62. The molecule has 164 valence electrons. The standard InChI is InChI=1S/C26H27N3O3/c1-28-14-16-29(17-15-28)26(31)22-8-5-9-23(18-22)27-25(30)19-32-24-12-10-21(11-13-24)20-6-3-2-4-7-20/h2-13,18H,14-17,19H2,1H3,(H,27,30). The van der Waals surface area contributed by atoms with E-state index >= 15 is 0 Å². The number of nitrogens with zero attached hydrogens (tertiary/aromatic N) is 2. The highest BCUT2D eigenvalue weighted by atomic mass is 16.5. The van der Waals surface area contributed by atoms with Gasteiger partial charge in [-0.15, -0.1) is 0 Å². The summed E-state index contributed by atoms with van der Waals surface area (Å²) in [6, 6.07) is 24.8. The number of benzene rings is 3. The van der Waals surface area contributed by atoms with Gasteiger partial charge in [-0.2, -0.15) is 0 Å². The SMILES string of the molecule is CN1CCN(C(=O)c2cccc(NC(=O)COc3ccc(-c4ccccc4)cc3)c2)CC1. The number of hydrogen-bond acceptors (Lipinski definition) is 4. The maximum Gasteiger partial charge on any atom is 0.262 e. The first-order valence-electron chi connectivity index (χ1n) is 10.7. The first-order chi connectivity index (χ1) is 15.6. The van der Waals surface area contributed by atoms with Crippen molar-refractivity contribution in [2.75, 3.05) is 45.2 Å². The lowest BCUT2D eigenvalue weighted by Gasteiger charge is -2.32. The highest BCUT2D eigenvalue weighted by molar-refractivity contribution is 5.97. The third-order valence-electron chi connectivity index (χ3n) is 5.52. The molecule has 0 bridgehead atoms. The molecule has 6 heteroatoms. The van der Waals surface area contributed by atoms with Crippen molar-refractivity contribution < 1.29 is 14.3 Å². The number of carbonyl (C=O) groups is 2. The van der Waals surface area contributed by atoms with Crippen LogP contribution in [0.3, 0.4) is 0 Å². The lowest BCUT2D eigenvalue weighted by molar-refractivity contribution is -0.118. The maximum absolute atomic E-state index is 12.8. The summed E-state index contributed by atoms with van der Waals surface area (Å²) in [4.78, 5) is 29.2. The molecule has 3 aromatic carbocycles. The molecule has 0 aliphatic carbocycles. The number of ether oxygens (including phenoxy) is 1. The summed E-state index contributed by atoms with van der Waals surface area (Å²) in [6.07, 6.45) is 0. The average Bonchev–Trinajstić information content (AvgIpc) is 2.84. The molecule has 0 unspecified atom stereocenters. The van der Waals surface area contributed by atoms with Crippen molar-refractivity contribution in [3.8, 4) is 16.9 Å². The zero-order valence-electron chi connectivity index (χ0n) is 18.2. The van der Waals surface area contributed by atoms with Gasteiger partial charge in [0, 0.05) is 37.4 Å². The molecule has 1 saturated heterocycles. The van der Waals surface area contributed by atoms with E-state index in [-0.39, 0.29) is 18.4 Å². The molecule has 0 atom stereocenters. The van der Waals surface area contributed by atoms with E-state index < -0.39 is 0 Å². The van der Waals surface area contributed by atoms with E-state index in [0.717, 1.165) is 24.2 Å². The minimum Gasteiger partial charge on any atom is -0.484 e. The molecule has 0 spiro atoms. The normalized spacial score (nSPS) is 14.1. The third-order valence-corrected chi connectivity index (χ3v) is 5.52. The lowest BCUT2D eigenvalue weighted by Crippen LogP contribution is -2.47. The summed E-state index contributed by atoms with van der Waals surface area (Å²) in [6.45, 7) is 3.05. The highest BCUT2D eigenvalue weighted by Crippen LogP contribution is 2.22. The van der Waals surface area contributed by atoms with Gasteiger partial charge in [0.15, 0.2) is 6.61 Å². The molecular formula is C26H27N3O3. The van der Waals surface area contributed by atoms with E-state index in [1.165, 1.54) is 0 Å². The quantitative estimate of drug-likeness (QED) is 0.648. The Morgan fingerprint density at radius 2 is 1.53 bits per heavy atom. The Bertz CT molecular complexity index is 1060. The Morgan fingerprint density at radius 3 is 2.25 bits per heavy atom. The fourth-order valence-corrected chi connectivity index (χ4v) is 3.64.